The van der Waals surface area contributed by atoms with Gasteiger partial charge in [0.05, 0.1) is 26.7 Å². The van der Waals surface area contributed by atoms with Crippen molar-refractivity contribution in [2.45, 2.75) is 6.61 Å². The number of rotatable bonds is 6. The summed E-state index contributed by atoms with van der Waals surface area (Å²) in [6, 6.07) is 17.8. The minimum Gasteiger partial charge on any atom is -0.486 e. The van der Waals surface area contributed by atoms with Gasteiger partial charge in [-0.3, -0.25) is 0 Å². The minimum atomic E-state index is -1.04. The van der Waals surface area contributed by atoms with E-state index >= 15 is 0 Å². The van der Waals surface area contributed by atoms with Crippen LogP contribution in [0.4, 0.5) is 4.39 Å². The normalized spacial score (nSPS) is 11.1. The van der Waals surface area contributed by atoms with Crippen LogP contribution < -0.4 is 4.74 Å². The van der Waals surface area contributed by atoms with E-state index in [1.54, 1.807) is 48.5 Å². The number of carbonyl (C=O) groups is 1. The van der Waals surface area contributed by atoms with Gasteiger partial charge in [0.25, 0.3) is 0 Å². The minimum absolute atomic E-state index is 0.0134. The summed E-state index contributed by atoms with van der Waals surface area (Å²) in [7, 11) is 0. The molecule has 0 unspecified atom stereocenters. The van der Waals surface area contributed by atoms with Crippen LogP contribution in [0.2, 0.25) is 5.02 Å². The van der Waals surface area contributed by atoms with Gasteiger partial charge in [0.1, 0.15) is 12.4 Å². The molecule has 150 valence electrons. The Morgan fingerprint density at radius 1 is 1.17 bits per heavy atom. The molecule has 0 spiro atoms. The molecule has 0 aliphatic rings. The maximum atomic E-state index is 13.8. The van der Waals surface area contributed by atoms with E-state index in [0.717, 1.165) is 0 Å². The summed E-state index contributed by atoms with van der Waals surface area (Å²) < 4.78 is 20.0. The number of nitrogens with zero attached hydrogens (tertiary/aromatic N) is 1. The topological polar surface area (TPSA) is 70.3 Å². The molecule has 0 heterocycles. The van der Waals surface area contributed by atoms with Crippen molar-refractivity contribution in [3.63, 3.8) is 0 Å². The zero-order chi connectivity index (χ0) is 21.7. The van der Waals surface area contributed by atoms with Crippen LogP contribution in [0.3, 0.4) is 0 Å². The van der Waals surface area contributed by atoms with E-state index in [0.29, 0.717) is 37.5 Å². The predicted molar refractivity (Wildman–Crippen MR) is 117 cm³/mol. The van der Waals surface area contributed by atoms with Crippen LogP contribution in [0.5, 0.6) is 5.75 Å². The first-order valence-electron chi connectivity index (χ1n) is 8.70. The summed E-state index contributed by atoms with van der Waals surface area (Å²) in [6.07, 6.45) is 1.63. The lowest BCUT2D eigenvalue weighted by atomic mass is 10.0. The molecule has 7 heteroatoms. The van der Waals surface area contributed by atoms with Crippen molar-refractivity contribution in [1.29, 1.82) is 5.26 Å². The van der Waals surface area contributed by atoms with Crippen LogP contribution in [-0.2, 0) is 6.61 Å². The predicted octanol–water partition coefficient (Wildman–Crippen LogP) is 6.58. The van der Waals surface area contributed by atoms with Crippen molar-refractivity contribution in [3.05, 3.63) is 98.2 Å². The molecule has 0 fully saturated rings. The number of hydrogen-bond acceptors (Lipinski definition) is 3. The zero-order valence-electron chi connectivity index (χ0n) is 15.4. The number of benzene rings is 3. The van der Waals surface area contributed by atoms with Crippen molar-refractivity contribution < 1.29 is 19.0 Å². The van der Waals surface area contributed by atoms with Gasteiger partial charge in [0.2, 0.25) is 0 Å². The number of hydrogen-bond donors (Lipinski definition) is 1. The summed E-state index contributed by atoms with van der Waals surface area (Å²) in [4.78, 5) is 11.0. The van der Waals surface area contributed by atoms with Crippen LogP contribution in [-0.4, -0.2) is 11.1 Å². The molecule has 0 radical (unpaired) electrons. The molecule has 0 amide bonds. The summed E-state index contributed by atoms with van der Waals surface area (Å²) in [6.45, 7) is 0.0134. The fraction of sp³-hybridized carbons (Fsp3) is 0.0435. The summed E-state index contributed by atoms with van der Waals surface area (Å²) in [5, 5.41) is 18.8. The maximum Gasteiger partial charge on any atom is 0.335 e. The fourth-order valence-corrected chi connectivity index (χ4v) is 3.69. The molecule has 0 atom stereocenters. The molecule has 0 saturated carbocycles. The van der Waals surface area contributed by atoms with E-state index in [1.807, 2.05) is 0 Å². The number of ether oxygens (including phenoxy) is 1. The molecular weight excluding hydrogens is 473 g/mol. The SMILES string of the molecule is N#CC(=Cc1cc(Cl)c(OCc2ccccc2F)c(Br)c1)c1ccc(C(=O)O)cc1. The number of aromatic carboxylic acids is 1. The fourth-order valence-electron chi connectivity index (χ4n) is 2.71. The second-order valence-corrected chi connectivity index (χ2v) is 7.51. The third-order valence-corrected chi connectivity index (χ3v) is 5.09. The Hall–Kier alpha value is -3.14. The zero-order valence-corrected chi connectivity index (χ0v) is 17.7. The molecule has 1 N–H and O–H groups in total. The van der Waals surface area contributed by atoms with Crippen LogP contribution in [0.25, 0.3) is 11.6 Å². The van der Waals surface area contributed by atoms with Gasteiger partial charge in [0.15, 0.2) is 5.75 Å². The van der Waals surface area contributed by atoms with Crippen LogP contribution >= 0.6 is 27.5 Å². The van der Waals surface area contributed by atoms with Gasteiger partial charge in [0, 0.05) is 5.56 Å². The standard InChI is InChI=1S/C23H14BrClFNO3/c24-19-10-14(9-18(12-27)15-5-7-16(8-6-15)23(28)29)11-20(25)22(19)30-13-17-3-1-2-4-21(17)26/h1-11H,13H2,(H,28,29). The molecule has 4 nitrogen and oxygen atoms in total. The monoisotopic (exact) mass is 485 g/mol. The van der Waals surface area contributed by atoms with E-state index in [9.17, 15) is 14.4 Å². The number of allylic oxidation sites excluding steroid dienone is 1. The summed E-state index contributed by atoms with van der Waals surface area (Å²) >= 11 is 9.75. The van der Waals surface area contributed by atoms with Crippen LogP contribution in [0, 0.1) is 17.1 Å². The van der Waals surface area contributed by atoms with Crippen molar-refractivity contribution in [3.8, 4) is 11.8 Å². The third-order valence-electron chi connectivity index (χ3n) is 4.22. The lowest BCUT2D eigenvalue weighted by Crippen LogP contribution is -1.99. The highest BCUT2D eigenvalue weighted by molar-refractivity contribution is 9.10. The van der Waals surface area contributed by atoms with Crippen molar-refractivity contribution >= 4 is 45.1 Å². The van der Waals surface area contributed by atoms with E-state index in [4.69, 9.17) is 21.4 Å². The van der Waals surface area contributed by atoms with E-state index in [-0.39, 0.29) is 18.0 Å². The molecule has 0 aliphatic heterocycles. The molecule has 3 aromatic carbocycles. The summed E-state index contributed by atoms with van der Waals surface area (Å²) in [5.74, 6) is -1.04. The van der Waals surface area contributed by atoms with Gasteiger partial charge >= 0.3 is 5.97 Å². The van der Waals surface area contributed by atoms with Crippen molar-refractivity contribution in [2.75, 3.05) is 0 Å². The first-order chi connectivity index (χ1) is 14.4. The molecule has 0 aromatic heterocycles. The van der Waals surface area contributed by atoms with E-state index in [1.165, 1.54) is 18.2 Å². The van der Waals surface area contributed by atoms with Gasteiger partial charge in [-0.25, -0.2) is 9.18 Å². The molecule has 0 bridgehead atoms. The van der Waals surface area contributed by atoms with E-state index in [2.05, 4.69) is 22.0 Å². The number of carboxylic acids is 1. The maximum absolute atomic E-state index is 13.8. The first-order valence-corrected chi connectivity index (χ1v) is 9.87. The van der Waals surface area contributed by atoms with Gasteiger partial charge in [-0.05, 0) is 63.5 Å². The summed E-state index contributed by atoms with van der Waals surface area (Å²) in [5.41, 5.74) is 2.10. The van der Waals surface area contributed by atoms with Gasteiger partial charge < -0.3 is 9.84 Å². The number of halogens is 3. The lowest BCUT2D eigenvalue weighted by Gasteiger charge is -2.12. The van der Waals surface area contributed by atoms with Crippen molar-refractivity contribution in [1.82, 2.24) is 0 Å². The Morgan fingerprint density at radius 3 is 2.43 bits per heavy atom. The molecule has 3 aromatic rings. The molecule has 0 aliphatic carbocycles. The molecule has 30 heavy (non-hydrogen) atoms. The smallest absolute Gasteiger partial charge is 0.335 e. The Labute approximate surface area is 185 Å². The highest BCUT2D eigenvalue weighted by Crippen LogP contribution is 2.36. The van der Waals surface area contributed by atoms with Gasteiger partial charge in [-0.2, -0.15) is 5.26 Å². The third kappa shape index (κ3) is 5.07. The largest absolute Gasteiger partial charge is 0.486 e. The van der Waals surface area contributed by atoms with Gasteiger partial charge in [-0.1, -0.05) is 41.9 Å². The van der Waals surface area contributed by atoms with E-state index < -0.39 is 5.97 Å². The number of carboxylic acid groups (broad SMARTS) is 1. The van der Waals surface area contributed by atoms with Gasteiger partial charge in [-0.15, -0.1) is 0 Å². The Bertz CT molecular complexity index is 1150. The van der Waals surface area contributed by atoms with Crippen LogP contribution in [0.1, 0.15) is 27.0 Å². The second-order valence-electron chi connectivity index (χ2n) is 6.25. The quantitative estimate of drug-likeness (QED) is 0.315. The molecular formula is C23H14BrClFNO3. The average Bonchev–Trinajstić information content (AvgIpc) is 2.72. The Kier molecular flexibility index (Phi) is 6.88. The highest BCUT2D eigenvalue weighted by atomic mass is 79.9. The second kappa shape index (κ2) is 9.57. The number of nitriles is 1. The van der Waals surface area contributed by atoms with Crippen molar-refractivity contribution in [2.24, 2.45) is 0 Å². The highest BCUT2D eigenvalue weighted by Gasteiger charge is 2.12. The Morgan fingerprint density at radius 2 is 1.83 bits per heavy atom. The molecule has 0 saturated heterocycles. The molecule has 3 rings (SSSR count). The van der Waals surface area contributed by atoms with Crippen LogP contribution in [0.15, 0.2) is 65.1 Å². The lowest BCUT2D eigenvalue weighted by molar-refractivity contribution is 0.0697. The Balaban J connectivity index is 1.85. The average molecular weight is 487 g/mol. The first kappa shape index (κ1) is 21.6.